The maximum atomic E-state index is 6.47. The van der Waals surface area contributed by atoms with Crippen LogP contribution in [0.25, 0.3) is 10.9 Å². The third-order valence-electron chi connectivity index (χ3n) is 6.22. The average Bonchev–Trinajstić information content (AvgIpc) is 4.00. The van der Waals surface area contributed by atoms with Crippen LogP contribution in [0.15, 0.2) is 72.6 Å². The molecule has 0 spiro atoms. The van der Waals surface area contributed by atoms with Gasteiger partial charge in [-0.05, 0) is 19.4 Å². The molecular weight excluding hydrogens is 686 g/mol. The van der Waals surface area contributed by atoms with Crippen LogP contribution in [0.4, 0.5) is 0 Å². The Morgan fingerprint density at radius 1 is 0.784 bits per heavy atom. The van der Waals surface area contributed by atoms with E-state index in [1.807, 2.05) is 37.4 Å². The number of H-pyrrole nitrogens is 5. The predicted molar refractivity (Wildman–Crippen MR) is 186 cm³/mol. The van der Waals surface area contributed by atoms with Gasteiger partial charge in [0.1, 0.15) is 12.5 Å². The summed E-state index contributed by atoms with van der Waals surface area (Å²) >= 11 is 6.17. The van der Waals surface area contributed by atoms with E-state index in [0.717, 1.165) is 29.3 Å². The number of nitrogens with two attached hydrogens (primary N) is 1. The minimum absolute atomic E-state index is 0.0672. The highest BCUT2D eigenvalue weighted by atomic mass is 35.5. The van der Waals surface area contributed by atoms with E-state index in [4.69, 9.17) is 46.0 Å². The van der Waals surface area contributed by atoms with Gasteiger partial charge in [-0.3, -0.25) is 0 Å². The van der Waals surface area contributed by atoms with E-state index in [-0.39, 0.29) is 11.9 Å². The lowest BCUT2D eigenvalue weighted by Crippen LogP contribution is -2.31. The molecule has 1 aromatic carbocycles. The van der Waals surface area contributed by atoms with Crippen LogP contribution < -0.4 is 5.73 Å². The molecule has 20 nitrogen and oxygen atoms in total. The molecule has 2 unspecified atom stereocenters. The fraction of sp³-hybridized carbons (Fsp3) is 0.433. The van der Waals surface area contributed by atoms with Gasteiger partial charge in [0.05, 0.1) is 81.8 Å². The van der Waals surface area contributed by atoms with Crippen molar-refractivity contribution < 1.29 is 23.7 Å². The van der Waals surface area contributed by atoms with E-state index in [0.29, 0.717) is 51.2 Å². The zero-order valence-corrected chi connectivity index (χ0v) is 29.1. The van der Waals surface area contributed by atoms with Crippen molar-refractivity contribution in [2.45, 2.75) is 39.0 Å². The number of hydrogen-bond acceptors (Lipinski definition) is 15. The van der Waals surface area contributed by atoms with Gasteiger partial charge in [-0.15, -0.1) is 5.10 Å². The highest BCUT2D eigenvalue weighted by Gasteiger charge is 2.27. The highest BCUT2D eigenvalue weighted by Crippen LogP contribution is 2.24. The molecular formula is C30H44ClN15O5. The van der Waals surface area contributed by atoms with Crippen molar-refractivity contribution in [3.8, 4) is 0 Å². The van der Waals surface area contributed by atoms with E-state index in [9.17, 15) is 0 Å². The molecule has 0 aliphatic carbocycles. The Morgan fingerprint density at radius 2 is 1.39 bits per heavy atom. The molecule has 51 heavy (non-hydrogen) atoms. The van der Waals surface area contributed by atoms with Crippen molar-refractivity contribution in [2.75, 3.05) is 46.4 Å². The predicted octanol–water partition coefficient (Wildman–Crippen LogP) is 2.99. The van der Waals surface area contributed by atoms with Gasteiger partial charge in [-0.2, -0.15) is 56.5 Å². The van der Waals surface area contributed by atoms with Gasteiger partial charge in [-0.25, -0.2) is 4.99 Å². The second-order valence-corrected chi connectivity index (χ2v) is 10.1. The van der Waals surface area contributed by atoms with E-state index in [2.05, 4.69) is 73.6 Å². The van der Waals surface area contributed by atoms with Gasteiger partial charge in [0.25, 0.3) is 0 Å². The Bertz CT molecular complexity index is 1540. The molecule has 0 amide bonds. The maximum Gasteiger partial charge on any atom is 0.220 e. The summed E-state index contributed by atoms with van der Waals surface area (Å²) in [5.74, 6) is 0.403. The number of nitrogens with one attached hydrogen (secondary N) is 5. The molecule has 7 N–H and O–H groups in total. The van der Waals surface area contributed by atoms with Crippen molar-refractivity contribution in [3.05, 3.63) is 84.1 Å². The number of benzene rings is 1. The third kappa shape index (κ3) is 16.0. The second-order valence-electron chi connectivity index (χ2n) is 9.77. The molecule has 0 aliphatic rings. The number of hydrogen-bond donors (Lipinski definition) is 6. The Hall–Kier alpha value is -5.12. The van der Waals surface area contributed by atoms with E-state index in [1.165, 1.54) is 0 Å². The Labute approximate surface area is 298 Å². The smallest absolute Gasteiger partial charge is 0.220 e. The molecule has 0 bridgehead atoms. The first-order chi connectivity index (χ1) is 25.2. The molecule has 5 aromatic heterocycles. The first-order valence-corrected chi connectivity index (χ1v) is 16.4. The summed E-state index contributed by atoms with van der Waals surface area (Å²) < 4.78 is 28.3. The van der Waals surface area contributed by atoms with E-state index < -0.39 is 12.3 Å². The first kappa shape index (κ1) is 40.3. The molecule has 0 radical (unpaired) electrons. The lowest BCUT2D eigenvalue weighted by molar-refractivity contribution is -0.105. The molecule has 0 saturated heterocycles. The summed E-state index contributed by atoms with van der Waals surface area (Å²) in [4.78, 5) is 8.02. The fourth-order valence-electron chi connectivity index (χ4n) is 3.82. The number of halogens is 1. The molecule has 276 valence electrons. The van der Waals surface area contributed by atoms with Crippen LogP contribution in [0.5, 0.6) is 0 Å². The number of unbranched alkanes of at least 4 members (excludes halogenated alkanes) is 1. The van der Waals surface area contributed by atoms with Crippen molar-refractivity contribution in [2.24, 2.45) is 10.7 Å². The summed E-state index contributed by atoms with van der Waals surface area (Å²) in [5, 5.41) is 39.5. The average molecular weight is 730 g/mol. The number of ether oxygens (including phenoxy) is 5. The quantitative estimate of drug-likeness (QED) is 0.0341. The summed E-state index contributed by atoms with van der Waals surface area (Å²) in [7, 11) is 0. The number of fused-ring (bicyclic) bond motifs is 1. The minimum atomic E-state index is -0.906. The van der Waals surface area contributed by atoms with Gasteiger partial charge >= 0.3 is 0 Å². The second kappa shape index (κ2) is 25.8. The summed E-state index contributed by atoms with van der Waals surface area (Å²) in [6.07, 6.45) is 12.3. The van der Waals surface area contributed by atoms with Gasteiger partial charge in [0.15, 0.2) is 11.4 Å². The lowest BCUT2D eigenvalue weighted by atomic mass is 10.1. The van der Waals surface area contributed by atoms with Crippen LogP contribution in [0.3, 0.4) is 0 Å². The standard InChI is InChI=1S/C24H35ClN6O5.3C2H3N3/c1-3-5-10-35-23(18-15-27-19-9-7-6-8-17(18)19)28-24(20(26)21-22(25)30-31-29-21)36-16-34-14-13-33-12-11-32-4-2;3*1-2-4-5-3-1/h6-9,15,20,24,27H,3-5,10-14,16,26H2,1-2H3,(H,29,30,31);3*1-2H,(H,3,4,5). The molecule has 0 aliphatic heterocycles. The Morgan fingerprint density at radius 3 is 1.94 bits per heavy atom. The van der Waals surface area contributed by atoms with Gasteiger partial charge in [-0.1, -0.05) is 43.1 Å². The van der Waals surface area contributed by atoms with Crippen LogP contribution in [0.1, 0.15) is 44.0 Å². The van der Waals surface area contributed by atoms with Crippen LogP contribution >= 0.6 is 11.6 Å². The molecule has 6 aromatic rings. The van der Waals surface area contributed by atoms with Crippen molar-refractivity contribution in [3.63, 3.8) is 0 Å². The van der Waals surface area contributed by atoms with Crippen molar-refractivity contribution in [1.29, 1.82) is 0 Å². The summed E-state index contributed by atoms with van der Waals surface area (Å²) in [5.41, 5.74) is 8.57. The Balaban J connectivity index is 0.000000379. The summed E-state index contributed by atoms with van der Waals surface area (Å²) in [6, 6.07) is 7.09. The molecule has 21 heteroatoms. The number of aliphatic imine (C=N–C) groups is 1. The third-order valence-corrected chi connectivity index (χ3v) is 6.50. The minimum Gasteiger partial charge on any atom is -0.477 e. The number of nitrogens with zero attached hydrogens (tertiary/aromatic N) is 9. The van der Waals surface area contributed by atoms with Crippen molar-refractivity contribution >= 4 is 28.4 Å². The number of para-hydroxylation sites is 1. The zero-order chi connectivity index (χ0) is 36.2. The van der Waals surface area contributed by atoms with Gasteiger partial charge < -0.3 is 34.4 Å². The monoisotopic (exact) mass is 729 g/mol. The molecule has 2 atom stereocenters. The van der Waals surface area contributed by atoms with E-state index >= 15 is 0 Å². The molecule has 5 heterocycles. The number of aromatic nitrogens is 13. The van der Waals surface area contributed by atoms with Crippen molar-refractivity contribution in [1.82, 2.24) is 66.6 Å². The highest BCUT2D eigenvalue weighted by molar-refractivity contribution is 6.30. The topological polar surface area (TPSA) is 267 Å². The first-order valence-electron chi connectivity index (χ1n) is 16.0. The number of aromatic amines is 5. The van der Waals surface area contributed by atoms with Crippen LogP contribution in [0.2, 0.25) is 5.15 Å². The SMILES string of the molecule is CCCCOC(=NC(OCOCCOCCOCC)C(N)c1n[nH]nc1Cl)c1c[nH]c2ccccc12.c1cn[nH]n1.c1cn[nH]n1.c1cn[nH]n1. The lowest BCUT2D eigenvalue weighted by Gasteiger charge is -2.21. The summed E-state index contributed by atoms with van der Waals surface area (Å²) in [6.45, 7) is 6.92. The van der Waals surface area contributed by atoms with Crippen LogP contribution in [-0.2, 0) is 23.7 Å². The molecule has 6 rings (SSSR count). The normalized spacial score (nSPS) is 12.1. The van der Waals surface area contributed by atoms with Gasteiger partial charge in [0, 0.05) is 23.7 Å². The largest absolute Gasteiger partial charge is 0.477 e. The van der Waals surface area contributed by atoms with Crippen LogP contribution in [-0.4, -0.2) is 125 Å². The maximum absolute atomic E-state index is 6.47. The van der Waals surface area contributed by atoms with Crippen LogP contribution in [0, 0.1) is 0 Å². The fourth-order valence-corrected chi connectivity index (χ4v) is 4.02. The number of rotatable bonds is 17. The van der Waals surface area contributed by atoms with Gasteiger partial charge in [0.2, 0.25) is 5.90 Å². The molecule has 0 fully saturated rings. The zero-order valence-electron chi connectivity index (χ0n) is 28.4. The molecule has 0 saturated carbocycles. The van der Waals surface area contributed by atoms with E-state index in [1.54, 1.807) is 37.2 Å². The Kier molecular flexibility index (Phi) is 20.4.